The highest BCUT2D eigenvalue weighted by Crippen LogP contribution is 1.81. The molecular weight excluding hydrogens is 168 g/mol. The minimum atomic E-state index is -0.935. The maximum absolute atomic E-state index is 9.60. The van der Waals surface area contributed by atoms with Crippen LogP contribution in [0.5, 0.6) is 0 Å². The molecule has 0 aromatic carbocycles. The predicted octanol–water partition coefficient (Wildman–Crippen LogP) is 2.51. The number of methoxy groups -OCH3 is 1. The van der Waals surface area contributed by atoms with Gasteiger partial charge in [-0.15, -0.1) is 26.3 Å². The third kappa shape index (κ3) is 113. The number of aliphatic carboxylic acids is 1. The minimum Gasteiger partial charge on any atom is -0.478 e. The minimum absolute atomic E-state index is 0.176. The molecule has 0 unspecified atom stereocenters. The average Bonchev–Trinajstić information content (AvgIpc) is 2.12. The summed E-state index contributed by atoms with van der Waals surface area (Å²) >= 11 is 0. The maximum Gasteiger partial charge on any atom is 0.330 e. The van der Waals surface area contributed by atoms with Gasteiger partial charge >= 0.3 is 5.97 Å². The van der Waals surface area contributed by atoms with Gasteiger partial charge in [0.25, 0.3) is 0 Å². The summed E-state index contributed by atoms with van der Waals surface area (Å²) in [5, 5.41) is 7.89. The highest BCUT2D eigenvalue weighted by Gasteiger charge is 1.90. The van der Waals surface area contributed by atoms with E-state index in [9.17, 15) is 4.79 Å². The van der Waals surface area contributed by atoms with Crippen molar-refractivity contribution < 1.29 is 14.6 Å². The Kier molecular flexibility index (Phi) is 54.0. The summed E-state index contributed by atoms with van der Waals surface area (Å²) in [6.07, 6.45) is 0. The van der Waals surface area contributed by atoms with Crippen molar-refractivity contribution >= 4 is 5.97 Å². The van der Waals surface area contributed by atoms with E-state index in [1.54, 1.807) is 14.2 Å². The van der Waals surface area contributed by atoms with E-state index in [-0.39, 0.29) is 5.57 Å². The van der Waals surface area contributed by atoms with Crippen LogP contribution < -0.4 is 0 Å². The molecule has 0 heterocycles. The zero-order valence-electron chi connectivity index (χ0n) is 8.80. The highest BCUT2D eigenvalue weighted by atomic mass is 16.4. The molecule has 0 aliphatic heterocycles. The molecule has 0 aliphatic rings. The third-order valence-electron chi connectivity index (χ3n) is 0.365. The molecule has 0 atom stereocenters. The Labute approximate surface area is 81.0 Å². The molecule has 0 amide bonds. The van der Waals surface area contributed by atoms with Gasteiger partial charge in [-0.05, 0) is 6.92 Å². The van der Waals surface area contributed by atoms with Gasteiger partial charge in [0.15, 0.2) is 0 Å². The normalized spacial score (nSPS) is 5.46. The molecule has 78 valence electrons. The van der Waals surface area contributed by atoms with E-state index >= 15 is 0 Å². The van der Waals surface area contributed by atoms with Gasteiger partial charge in [0, 0.05) is 19.8 Å². The second-order valence-electron chi connectivity index (χ2n) is 1.49. The smallest absolute Gasteiger partial charge is 0.330 e. The highest BCUT2D eigenvalue weighted by molar-refractivity contribution is 5.84. The first-order chi connectivity index (χ1) is 6.06. The Hall–Kier alpha value is -1.35. The van der Waals surface area contributed by atoms with E-state index in [0.29, 0.717) is 0 Å². The van der Waals surface area contributed by atoms with E-state index in [2.05, 4.69) is 37.6 Å². The Balaban J connectivity index is -0.0000000493. The fourth-order valence-electron chi connectivity index (χ4n) is 0. The Bertz CT molecular complexity index is 105. The van der Waals surface area contributed by atoms with Gasteiger partial charge in [-0.25, -0.2) is 4.79 Å². The molecule has 0 spiro atoms. The Morgan fingerprint density at radius 3 is 1.23 bits per heavy atom. The van der Waals surface area contributed by atoms with Gasteiger partial charge in [-0.1, -0.05) is 6.58 Å². The van der Waals surface area contributed by atoms with Crippen LogP contribution in [0.3, 0.4) is 0 Å². The number of carboxylic acids is 1. The van der Waals surface area contributed by atoms with Crippen LogP contribution in [0, 0.1) is 0 Å². The zero-order chi connectivity index (χ0) is 11.9. The van der Waals surface area contributed by atoms with Gasteiger partial charge in [0.1, 0.15) is 0 Å². The van der Waals surface area contributed by atoms with Crippen molar-refractivity contribution in [3.8, 4) is 0 Å². The molecule has 1 N–H and O–H groups in total. The molecule has 0 aliphatic carbocycles. The fraction of sp³-hybridized carbons (Fsp3) is 0.300. The van der Waals surface area contributed by atoms with Crippen LogP contribution in [0.1, 0.15) is 6.92 Å². The largest absolute Gasteiger partial charge is 0.478 e. The first kappa shape index (κ1) is 22.6. The molecule has 0 aromatic heterocycles. The Morgan fingerprint density at radius 2 is 1.23 bits per heavy atom. The van der Waals surface area contributed by atoms with Crippen molar-refractivity contribution in [3.05, 3.63) is 38.5 Å². The van der Waals surface area contributed by atoms with Crippen LogP contribution in [-0.4, -0.2) is 25.3 Å². The van der Waals surface area contributed by atoms with E-state index in [1.165, 1.54) is 6.92 Å². The van der Waals surface area contributed by atoms with Crippen LogP contribution in [0.25, 0.3) is 0 Å². The summed E-state index contributed by atoms with van der Waals surface area (Å²) in [6, 6.07) is 0. The Morgan fingerprint density at radius 1 is 1.15 bits per heavy atom. The number of rotatable bonds is 1. The van der Waals surface area contributed by atoms with E-state index < -0.39 is 5.97 Å². The summed E-state index contributed by atoms with van der Waals surface area (Å²) in [5.74, 6) is -0.935. The summed E-state index contributed by atoms with van der Waals surface area (Å²) in [6.45, 7) is 16.6. The molecule has 0 fully saturated rings. The van der Waals surface area contributed by atoms with E-state index in [1.807, 2.05) is 0 Å². The van der Waals surface area contributed by atoms with Gasteiger partial charge < -0.3 is 9.84 Å². The molecule has 0 bridgehead atoms. The second-order valence-corrected chi connectivity index (χ2v) is 1.49. The summed E-state index contributed by atoms with van der Waals surface area (Å²) in [4.78, 5) is 9.60. The lowest BCUT2D eigenvalue weighted by Gasteiger charge is -1.79. The number of hydrogen-bond donors (Lipinski definition) is 1. The molecule has 13 heavy (non-hydrogen) atoms. The SMILES string of the molecule is C=C.C=C.C=C(C)C(=O)O.COC. The van der Waals surface area contributed by atoms with Crippen LogP contribution in [-0.2, 0) is 9.53 Å². The fourth-order valence-corrected chi connectivity index (χ4v) is 0. The van der Waals surface area contributed by atoms with Crippen LogP contribution >= 0.6 is 0 Å². The lowest BCUT2D eigenvalue weighted by Crippen LogP contribution is -1.92. The molecule has 0 aromatic rings. The molecule has 0 radical (unpaired) electrons. The predicted molar refractivity (Wildman–Crippen MR) is 57.9 cm³/mol. The van der Waals surface area contributed by atoms with Crippen molar-refractivity contribution in [3.63, 3.8) is 0 Å². The lowest BCUT2D eigenvalue weighted by atomic mass is 10.4. The number of ether oxygens (including phenoxy) is 1. The molecule has 3 nitrogen and oxygen atoms in total. The van der Waals surface area contributed by atoms with Gasteiger partial charge in [-0.3, -0.25) is 0 Å². The van der Waals surface area contributed by atoms with Crippen molar-refractivity contribution in [1.82, 2.24) is 0 Å². The van der Waals surface area contributed by atoms with Crippen molar-refractivity contribution in [2.24, 2.45) is 0 Å². The number of carboxylic acid groups (broad SMARTS) is 1. The standard InChI is InChI=1S/C4H6O2.C2H6O.2C2H4/c1-3(2)4(5)6;1-3-2;2*1-2/h1H2,2H3,(H,5,6);1-2H3;2*1-2H2. The van der Waals surface area contributed by atoms with Crippen molar-refractivity contribution in [2.75, 3.05) is 14.2 Å². The summed E-state index contributed by atoms with van der Waals surface area (Å²) in [7, 11) is 3.25. The quantitative estimate of drug-likeness (QED) is 0.508. The molecule has 0 saturated carbocycles. The van der Waals surface area contributed by atoms with Gasteiger partial charge in [0.05, 0.1) is 0 Å². The molecule has 3 heteroatoms. The number of hydrogen-bond acceptors (Lipinski definition) is 2. The summed E-state index contributed by atoms with van der Waals surface area (Å²) in [5.41, 5.74) is 0.176. The van der Waals surface area contributed by atoms with E-state index in [4.69, 9.17) is 5.11 Å². The zero-order valence-corrected chi connectivity index (χ0v) is 8.80. The van der Waals surface area contributed by atoms with Crippen LogP contribution in [0.15, 0.2) is 38.5 Å². The van der Waals surface area contributed by atoms with E-state index in [0.717, 1.165) is 0 Å². The monoisotopic (exact) mass is 188 g/mol. The first-order valence-electron chi connectivity index (χ1n) is 3.35. The first-order valence-corrected chi connectivity index (χ1v) is 3.35. The molecule has 0 rings (SSSR count). The average molecular weight is 188 g/mol. The van der Waals surface area contributed by atoms with Gasteiger partial charge in [0.2, 0.25) is 0 Å². The molecule has 0 saturated heterocycles. The summed E-state index contributed by atoms with van der Waals surface area (Å²) < 4.78 is 4.25. The van der Waals surface area contributed by atoms with Gasteiger partial charge in [-0.2, -0.15) is 0 Å². The maximum atomic E-state index is 9.60. The molecular formula is C10H20O3. The van der Waals surface area contributed by atoms with Crippen molar-refractivity contribution in [1.29, 1.82) is 0 Å². The third-order valence-corrected chi connectivity index (χ3v) is 0.365. The van der Waals surface area contributed by atoms with Crippen LogP contribution in [0.4, 0.5) is 0 Å². The van der Waals surface area contributed by atoms with Crippen molar-refractivity contribution in [2.45, 2.75) is 6.92 Å². The van der Waals surface area contributed by atoms with Crippen LogP contribution in [0.2, 0.25) is 0 Å². The second kappa shape index (κ2) is 31.1. The number of carbonyl (C=O) groups is 1. The lowest BCUT2D eigenvalue weighted by molar-refractivity contribution is -0.132. The topological polar surface area (TPSA) is 46.5 Å².